The van der Waals surface area contributed by atoms with E-state index in [1.165, 1.54) is 9.21 Å². The molecule has 0 saturated heterocycles. The molecular formula is C27H37Cl2N3O4S. The molecule has 0 aliphatic rings. The summed E-state index contributed by atoms with van der Waals surface area (Å²) in [5.74, 6) is -0.573. The van der Waals surface area contributed by atoms with Crippen LogP contribution in [0.1, 0.15) is 57.2 Å². The summed E-state index contributed by atoms with van der Waals surface area (Å²) in [5.41, 5.74) is 2.62. The van der Waals surface area contributed by atoms with E-state index in [1.807, 2.05) is 46.8 Å². The number of benzene rings is 2. The zero-order valence-electron chi connectivity index (χ0n) is 22.6. The SMILES string of the molecule is Cc1cccc(N(CCCC(=O)N(Cc2ccc(Cl)cc2Cl)[C@H](C)C(=O)NC(C)(C)C)S(C)(=O)=O)c1C. The average Bonchev–Trinajstić information content (AvgIpc) is 2.76. The van der Waals surface area contributed by atoms with Crippen LogP contribution in [0.3, 0.4) is 0 Å². The molecular weight excluding hydrogens is 533 g/mol. The molecule has 0 saturated carbocycles. The Morgan fingerprint density at radius 2 is 1.73 bits per heavy atom. The summed E-state index contributed by atoms with van der Waals surface area (Å²) < 4.78 is 26.5. The monoisotopic (exact) mass is 569 g/mol. The van der Waals surface area contributed by atoms with Crippen LogP contribution in [-0.4, -0.2) is 49.5 Å². The van der Waals surface area contributed by atoms with E-state index in [2.05, 4.69) is 5.32 Å². The van der Waals surface area contributed by atoms with Crippen molar-refractivity contribution in [2.75, 3.05) is 17.1 Å². The molecule has 0 aliphatic carbocycles. The first-order valence-corrected chi connectivity index (χ1v) is 14.7. The molecule has 37 heavy (non-hydrogen) atoms. The van der Waals surface area contributed by atoms with Crippen LogP contribution in [-0.2, 0) is 26.2 Å². The number of sulfonamides is 1. The number of halogens is 2. The van der Waals surface area contributed by atoms with E-state index in [-0.39, 0.29) is 37.7 Å². The highest BCUT2D eigenvalue weighted by atomic mass is 35.5. The Morgan fingerprint density at radius 1 is 1.08 bits per heavy atom. The zero-order chi connectivity index (χ0) is 28.1. The smallest absolute Gasteiger partial charge is 0.242 e. The quantitative estimate of drug-likeness (QED) is 0.410. The predicted octanol–water partition coefficient (Wildman–Crippen LogP) is 5.49. The number of carbonyl (C=O) groups excluding carboxylic acids is 2. The van der Waals surface area contributed by atoms with Crippen LogP contribution < -0.4 is 9.62 Å². The van der Waals surface area contributed by atoms with Crippen molar-refractivity contribution >= 4 is 50.7 Å². The summed E-state index contributed by atoms with van der Waals surface area (Å²) in [6, 6.07) is 9.73. The lowest BCUT2D eigenvalue weighted by molar-refractivity contribution is -0.141. The van der Waals surface area contributed by atoms with Crippen LogP contribution in [0.2, 0.25) is 10.0 Å². The van der Waals surface area contributed by atoms with Gasteiger partial charge < -0.3 is 10.2 Å². The average molecular weight is 571 g/mol. The first kappa shape index (κ1) is 30.9. The topological polar surface area (TPSA) is 86.8 Å². The van der Waals surface area contributed by atoms with E-state index >= 15 is 0 Å². The lowest BCUT2D eigenvalue weighted by atomic mass is 10.1. The maximum Gasteiger partial charge on any atom is 0.242 e. The van der Waals surface area contributed by atoms with E-state index in [9.17, 15) is 18.0 Å². The fraction of sp³-hybridized carbons (Fsp3) is 0.481. The fourth-order valence-electron chi connectivity index (χ4n) is 3.88. The standard InChI is InChI=1S/C27H37Cl2N3O4S/c1-18-10-8-11-24(19(18)2)32(37(7,35)36)15-9-12-25(33)31(20(3)26(34)30-27(4,5)6)17-21-13-14-22(28)16-23(21)29/h8,10-11,13-14,16,20H,9,12,15,17H2,1-7H3,(H,30,34)/t20-/m1/s1. The molecule has 1 N–H and O–H groups in total. The second-order valence-corrected chi connectivity index (χ2v) is 13.1. The predicted molar refractivity (Wildman–Crippen MR) is 152 cm³/mol. The second kappa shape index (κ2) is 12.5. The molecule has 0 aromatic heterocycles. The molecule has 0 radical (unpaired) electrons. The molecule has 2 aromatic rings. The van der Waals surface area contributed by atoms with E-state index < -0.39 is 21.6 Å². The van der Waals surface area contributed by atoms with Gasteiger partial charge in [-0.1, -0.05) is 41.4 Å². The van der Waals surface area contributed by atoms with Gasteiger partial charge in [0.25, 0.3) is 0 Å². The van der Waals surface area contributed by atoms with Crippen LogP contribution in [0.25, 0.3) is 0 Å². The minimum Gasteiger partial charge on any atom is -0.350 e. The highest BCUT2D eigenvalue weighted by Gasteiger charge is 2.29. The molecule has 10 heteroatoms. The summed E-state index contributed by atoms with van der Waals surface area (Å²) in [7, 11) is -3.57. The zero-order valence-corrected chi connectivity index (χ0v) is 24.9. The minimum absolute atomic E-state index is 0.0508. The van der Waals surface area contributed by atoms with Crippen molar-refractivity contribution in [2.45, 2.75) is 72.5 Å². The number of carbonyl (C=O) groups is 2. The molecule has 0 spiro atoms. The molecule has 7 nitrogen and oxygen atoms in total. The normalized spacial score (nSPS) is 12.7. The van der Waals surface area contributed by atoms with Crippen LogP contribution >= 0.6 is 23.2 Å². The van der Waals surface area contributed by atoms with E-state index in [0.717, 1.165) is 17.4 Å². The van der Waals surface area contributed by atoms with Crippen LogP contribution in [0.4, 0.5) is 5.69 Å². The Hall–Kier alpha value is -2.29. The van der Waals surface area contributed by atoms with Gasteiger partial charge in [0.1, 0.15) is 6.04 Å². The highest BCUT2D eigenvalue weighted by molar-refractivity contribution is 7.92. The number of amides is 2. The van der Waals surface area contributed by atoms with Gasteiger partial charge in [0, 0.05) is 35.1 Å². The Balaban J connectivity index is 2.26. The largest absolute Gasteiger partial charge is 0.350 e. The van der Waals surface area contributed by atoms with Crippen molar-refractivity contribution in [3.05, 3.63) is 63.1 Å². The molecule has 204 valence electrons. The van der Waals surface area contributed by atoms with Crippen molar-refractivity contribution in [3.8, 4) is 0 Å². The number of aryl methyl sites for hydroxylation is 1. The molecule has 0 fully saturated rings. The van der Waals surface area contributed by atoms with Gasteiger partial charge >= 0.3 is 0 Å². The van der Waals surface area contributed by atoms with Crippen molar-refractivity contribution < 1.29 is 18.0 Å². The van der Waals surface area contributed by atoms with Gasteiger partial charge in [0.15, 0.2) is 0 Å². The van der Waals surface area contributed by atoms with Gasteiger partial charge in [0.05, 0.1) is 11.9 Å². The maximum atomic E-state index is 13.4. The van der Waals surface area contributed by atoms with Crippen molar-refractivity contribution in [2.24, 2.45) is 0 Å². The second-order valence-electron chi connectivity index (χ2n) is 10.3. The third-order valence-corrected chi connectivity index (χ3v) is 7.79. The Kier molecular flexibility index (Phi) is 10.5. The van der Waals surface area contributed by atoms with E-state index in [0.29, 0.717) is 21.3 Å². The number of anilines is 1. The number of nitrogens with zero attached hydrogens (tertiary/aromatic N) is 2. The molecule has 2 amide bonds. The van der Waals surface area contributed by atoms with Gasteiger partial charge in [-0.05, 0) is 82.9 Å². The number of rotatable bonds is 10. The van der Waals surface area contributed by atoms with Crippen LogP contribution in [0.15, 0.2) is 36.4 Å². The Morgan fingerprint density at radius 3 is 2.30 bits per heavy atom. The van der Waals surface area contributed by atoms with Gasteiger partial charge in [-0.15, -0.1) is 0 Å². The summed E-state index contributed by atoms with van der Waals surface area (Å²) in [5, 5.41) is 3.78. The first-order chi connectivity index (χ1) is 17.0. The molecule has 1 atom stereocenters. The third-order valence-electron chi connectivity index (χ3n) is 6.02. The van der Waals surface area contributed by atoms with Gasteiger partial charge in [-0.3, -0.25) is 13.9 Å². The molecule has 0 aliphatic heterocycles. The lowest BCUT2D eigenvalue weighted by Crippen LogP contribution is -2.52. The molecule has 2 rings (SSSR count). The maximum absolute atomic E-state index is 13.4. The molecule has 2 aromatic carbocycles. The number of nitrogens with one attached hydrogen (secondary N) is 1. The fourth-order valence-corrected chi connectivity index (χ4v) is 5.36. The van der Waals surface area contributed by atoms with Gasteiger partial charge in [0.2, 0.25) is 21.8 Å². The van der Waals surface area contributed by atoms with Crippen molar-refractivity contribution in [3.63, 3.8) is 0 Å². The molecule has 0 bridgehead atoms. The van der Waals surface area contributed by atoms with Crippen molar-refractivity contribution in [1.82, 2.24) is 10.2 Å². The number of hydrogen-bond donors (Lipinski definition) is 1. The number of hydrogen-bond acceptors (Lipinski definition) is 4. The summed E-state index contributed by atoms with van der Waals surface area (Å²) in [6.45, 7) is 11.3. The first-order valence-electron chi connectivity index (χ1n) is 12.1. The van der Waals surface area contributed by atoms with Crippen LogP contribution in [0, 0.1) is 13.8 Å². The third kappa shape index (κ3) is 8.90. The van der Waals surface area contributed by atoms with Gasteiger partial charge in [-0.25, -0.2) is 8.42 Å². The minimum atomic E-state index is -3.57. The Labute approximate surface area is 231 Å². The van der Waals surface area contributed by atoms with E-state index in [4.69, 9.17) is 23.2 Å². The van der Waals surface area contributed by atoms with E-state index in [1.54, 1.807) is 31.2 Å². The Bertz CT molecular complexity index is 1240. The molecule has 0 unspecified atom stereocenters. The molecule has 0 heterocycles. The summed E-state index contributed by atoms with van der Waals surface area (Å²) in [4.78, 5) is 27.9. The summed E-state index contributed by atoms with van der Waals surface area (Å²) in [6.07, 6.45) is 1.48. The summed E-state index contributed by atoms with van der Waals surface area (Å²) >= 11 is 12.4. The van der Waals surface area contributed by atoms with Gasteiger partial charge in [-0.2, -0.15) is 0 Å². The van der Waals surface area contributed by atoms with Crippen LogP contribution in [0.5, 0.6) is 0 Å². The van der Waals surface area contributed by atoms with Crippen molar-refractivity contribution in [1.29, 1.82) is 0 Å². The highest BCUT2D eigenvalue weighted by Crippen LogP contribution is 2.26. The lowest BCUT2D eigenvalue weighted by Gasteiger charge is -2.32.